The first-order valence-corrected chi connectivity index (χ1v) is 11.4. The molecule has 2 N–H and O–H groups in total. The van der Waals surface area contributed by atoms with E-state index in [-0.39, 0.29) is 23.7 Å². The van der Waals surface area contributed by atoms with Crippen molar-refractivity contribution in [3.05, 3.63) is 87.6 Å². The number of fused-ring (bicyclic) bond motifs is 4. The summed E-state index contributed by atoms with van der Waals surface area (Å²) in [6, 6.07) is 20.9. The fourth-order valence-corrected chi connectivity index (χ4v) is 6.10. The second-order valence-corrected chi connectivity index (χ2v) is 9.30. The Hall–Kier alpha value is -4.05. The first-order valence-electron chi connectivity index (χ1n) is 11.1. The van der Waals surface area contributed by atoms with Crippen molar-refractivity contribution in [1.29, 1.82) is 15.8 Å². The highest BCUT2D eigenvalue weighted by molar-refractivity contribution is 6.30. The Labute approximate surface area is 202 Å². The fraction of sp³-hybridized carbons (Fsp3) is 0.259. The second kappa shape index (κ2) is 7.77. The third-order valence-corrected chi connectivity index (χ3v) is 7.67. The molecule has 2 unspecified atom stereocenters. The van der Waals surface area contributed by atoms with Crippen LogP contribution >= 0.6 is 11.6 Å². The Morgan fingerprint density at radius 3 is 2.47 bits per heavy atom. The molecule has 2 atom stereocenters. The maximum atomic E-state index is 14.5. The van der Waals surface area contributed by atoms with Gasteiger partial charge in [-0.25, -0.2) is 0 Å². The van der Waals surface area contributed by atoms with Gasteiger partial charge in [0.15, 0.2) is 0 Å². The van der Waals surface area contributed by atoms with Gasteiger partial charge in [0.25, 0.3) is 0 Å². The molecule has 1 amide bonds. The van der Waals surface area contributed by atoms with E-state index in [4.69, 9.17) is 17.3 Å². The van der Waals surface area contributed by atoms with E-state index in [2.05, 4.69) is 18.2 Å². The zero-order valence-corrected chi connectivity index (χ0v) is 19.0. The number of carbonyl (C=O) groups excluding carboxylic acids is 1. The van der Waals surface area contributed by atoms with Gasteiger partial charge in [0.2, 0.25) is 11.3 Å². The second-order valence-electron chi connectivity index (χ2n) is 8.86. The lowest BCUT2D eigenvalue weighted by atomic mass is 9.47. The number of para-hydroxylation sites is 1. The largest absolute Gasteiger partial charge is 0.399 e. The number of anilines is 1. The maximum Gasteiger partial charge on any atom is 0.241 e. The molecule has 7 heteroatoms. The van der Waals surface area contributed by atoms with Gasteiger partial charge in [0.1, 0.15) is 11.5 Å². The van der Waals surface area contributed by atoms with Crippen LogP contribution < -0.4 is 10.6 Å². The predicted octanol–water partition coefficient (Wildman–Crippen LogP) is 4.63. The molecule has 5 rings (SSSR count). The smallest absolute Gasteiger partial charge is 0.241 e. The average molecular weight is 466 g/mol. The van der Waals surface area contributed by atoms with Crippen LogP contribution in [0.15, 0.2) is 71.5 Å². The normalized spacial score (nSPS) is 24.5. The molecule has 34 heavy (non-hydrogen) atoms. The number of nitrogens with two attached hydrogens (primary N) is 1. The third kappa shape index (κ3) is 2.57. The van der Waals surface area contributed by atoms with Crippen molar-refractivity contribution in [3.8, 4) is 18.2 Å². The molecule has 0 saturated heterocycles. The summed E-state index contributed by atoms with van der Waals surface area (Å²) < 4.78 is 0. The summed E-state index contributed by atoms with van der Waals surface area (Å²) in [6.07, 6.45) is 4.05. The van der Waals surface area contributed by atoms with Crippen LogP contribution in [0, 0.1) is 45.3 Å². The van der Waals surface area contributed by atoms with Crippen molar-refractivity contribution in [2.24, 2.45) is 17.1 Å². The maximum absolute atomic E-state index is 14.5. The van der Waals surface area contributed by atoms with E-state index in [0.29, 0.717) is 28.3 Å². The van der Waals surface area contributed by atoms with Gasteiger partial charge in [-0.3, -0.25) is 4.79 Å². The van der Waals surface area contributed by atoms with E-state index in [1.807, 2.05) is 42.5 Å². The Morgan fingerprint density at radius 1 is 1.09 bits per heavy atom. The minimum atomic E-state index is -2.01. The third-order valence-electron chi connectivity index (χ3n) is 7.42. The number of hydrogen-bond acceptors (Lipinski definition) is 5. The zero-order chi connectivity index (χ0) is 24.1. The SMILES string of the molecule is N#CC1=C(N)C(C#N)(C#N)C2(C(=O)N(Cc3ccc(Cl)cc3)c3ccccc32)C2CCCC=C12. The summed E-state index contributed by atoms with van der Waals surface area (Å²) in [6.45, 7) is 0.252. The van der Waals surface area contributed by atoms with Gasteiger partial charge in [-0.2, -0.15) is 15.8 Å². The van der Waals surface area contributed by atoms with Gasteiger partial charge in [-0.05, 0) is 54.2 Å². The molecule has 2 aromatic carbocycles. The zero-order valence-electron chi connectivity index (χ0n) is 18.3. The number of rotatable bonds is 2. The van der Waals surface area contributed by atoms with Crippen LogP contribution in [-0.2, 0) is 16.8 Å². The Kier molecular flexibility index (Phi) is 4.98. The number of halogens is 1. The fourth-order valence-electron chi connectivity index (χ4n) is 5.98. The van der Waals surface area contributed by atoms with Gasteiger partial charge in [0.05, 0.1) is 30.0 Å². The molecule has 3 aliphatic rings. The van der Waals surface area contributed by atoms with Crippen molar-refractivity contribution in [3.63, 3.8) is 0 Å². The molecule has 0 fully saturated rings. The minimum Gasteiger partial charge on any atom is -0.399 e. The van der Waals surface area contributed by atoms with Gasteiger partial charge >= 0.3 is 0 Å². The number of benzene rings is 2. The molecule has 0 aromatic heterocycles. The first-order chi connectivity index (χ1) is 16.5. The van der Waals surface area contributed by atoms with Crippen LogP contribution in [0.25, 0.3) is 0 Å². The molecular formula is C27H20ClN5O. The highest BCUT2D eigenvalue weighted by Gasteiger charge is 2.72. The summed E-state index contributed by atoms with van der Waals surface area (Å²) in [5.74, 6) is -0.851. The number of carbonyl (C=O) groups is 1. The van der Waals surface area contributed by atoms with Gasteiger partial charge in [-0.1, -0.05) is 48.0 Å². The standard InChI is InChI=1S/C27H20ClN5O/c28-18-11-9-17(10-12-18)14-33-23-8-4-3-7-22(23)27(25(33)34)21-6-2-1-5-19(21)20(13-29)24(32)26(27,15-30)16-31/h3-5,7-12,21H,1-2,6,14,32H2. The molecule has 2 aromatic rings. The van der Waals surface area contributed by atoms with Gasteiger partial charge < -0.3 is 10.6 Å². The van der Waals surface area contributed by atoms with Gasteiger partial charge in [-0.15, -0.1) is 0 Å². The number of nitrogens with zero attached hydrogens (tertiary/aromatic N) is 4. The number of allylic oxidation sites excluding steroid dienone is 4. The average Bonchev–Trinajstić information content (AvgIpc) is 3.11. The topological polar surface area (TPSA) is 118 Å². The molecule has 2 aliphatic carbocycles. The highest BCUT2D eigenvalue weighted by atomic mass is 35.5. The van der Waals surface area contributed by atoms with Crippen LogP contribution in [-0.4, -0.2) is 5.91 Å². The molecule has 0 saturated carbocycles. The van der Waals surface area contributed by atoms with E-state index in [1.54, 1.807) is 17.0 Å². The molecular weight excluding hydrogens is 446 g/mol. The van der Waals surface area contributed by atoms with Gasteiger partial charge in [0, 0.05) is 16.6 Å². The number of amides is 1. The van der Waals surface area contributed by atoms with E-state index in [1.165, 1.54) is 0 Å². The molecule has 1 heterocycles. The quantitative estimate of drug-likeness (QED) is 0.693. The minimum absolute atomic E-state index is 0.138. The van der Waals surface area contributed by atoms with Crippen LogP contribution in [0.4, 0.5) is 5.69 Å². The number of hydrogen-bond donors (Lipinski definition) is 1. The number of nitriles is 3. The molecule has 0 bridgehead atoms. The Bertz CT molecular complexity index is 1390. The monoisotopic (exact) mass is 465 g/mol. The molecule has 1 aliphatic heterocycles. The summed E-state index contributed by atoms with van der Waals surface area (Å²) >= 11 is 6.05. The summed E-state index contributed by atoms with van der Waals surface area (Å²) in [5.41, 5.74) is 5.71. The van der Waals surface area contributed by atoms with Crippen LogP contribution in [0.5, 0.6) is 0 Å². The van der Waals surface area contributed by atoms with Crippen LogP contribution in [0.3, 0.4) is 0 Å². The van der Waals surface area contributed by atoms with Crippen molar-refractivity contribution < 1.29 is 4.79 Å². The molecule has 6 nitrogen and oxygen atoms in total. The molecule has 1 spiro atoms. The van der Waals surface area contributed by atoms with Crippen LogP contribution in [0.1, 0.15) is 30.4 Å². The summed E-state index contributed by atoms with van der Waals surface area (Å²) in [4.78, 5) is 16.2. The lowest BCUT2D eigenvalue weighted by molar-refractivity contribution is -0.127. The Morgan fingerprint density at radius 2 is 1.79 bits per heavy atom. The van der Waals surface area contributed by atoms with E-state index >= 15 is 0 Å². The van der Waals surface area contributed by atoms with Crippen molar-refractivity contribution in [2.75, 3.05) is 4.90 Å². The Balaban J connectivity index is 1.82. The first kappa shape index (κ1) is 21.8. The van der Waals surface area contributed by atoms with E-state index in [0.717, 1.165) is 18.4 Å². The van der Waals surface area contributed by atoms with Crippen molar-refractivity contribution >= 4 is 23.2 Å². The predicted molar refractivity (Wildman–Crippen MR) is 127 cm³/mol. The van der Waals surface area contributed by atoms with Crippen molar-refractivity contribution in [2.45, 2.75) is 31.2 Å². The van der Waals surface area contributed by atoms with Crippen molar-refractivity contribution in [1.82, 2.24) is 0 Å². The molecule has 0 radical (unpaired) electrons. The lowest BCUT2D eigenvalue weighted by Crippen LogP contribution is -2.61. The lowest BCUT2D eigenvalue weighted by Gasteiger charge is -2.49. The molecule has 166 valence electrons. The van der Waals surface area contributed by atoms with Crippen LogP contribution in [0.2, 0.25) is 5.02 Å². The van der Waals surface area contributed by atoms with E-state index in [9.17, 15) is 20.6 Å². The van der Waals surface area contributed by atoms with E-state index < -0.39 is 16.7 Å². The summed E-state index contributed by atoms with van der Waals surface area (Å²) in [7, 11) is 0. The highest BCUT2D eigenvalue weighted by Crippen LogP contribution is 2.64. The summed E-state index contributed by atoms with van der Waals surface area (Å²) in [5, 5.41) is 31.5.